The molecule has 0 aromatic carbocycles. The summed E-state index contributed by atoms with van der Waals surface area (Å²) < 4.78 is 0. The van der Waals surface area contributed by atoms with Gasteiger partial charge in [-0.25, -0.2) is 4.79 Å². The highest BCUT2D eigenvalue weighted by Gasteiger charge is 2.31. The molecule has 35 heavy (non-hydrogen) atoms. The third-order valence-electron chi connectivity index (χ3n) is 5.02. The lowest BCUT2D eigenvalue weighted by Crippen LogP contribution is -2.57. The van der Waals surface area contributed by atoms with Crippen molar-refractivity contribution >= 4 is 53.2 Å². The van der Waals surface area contributed by atoms with Crippen LogP contribution in [0, 0.1) is 5.92 Å². The van der Waals surface area contributed by atoms with E-state index in [0.29, 0.717) is 30.8 Å². The molecule has 3 amide bonds. The minimum atomic E-state index is -1.18. The summed E-state index contributed by atoms with van der Waals surface area (Å²) in [6, 6.07) is -3.83. The van der Waals surface area contributed by atoms with Gasteiger partial charge in [0.05, 0.1) is 6.04 Å². The molecule has 0 aliphatic heterocycles. The summed E-state index contributed by atoms with van der Waals surface area (Å²) in [7, 11) is 0. The quantitative estimate of drug-likeness (QED) is 0.0650. The average molecular weight is 536 g/mol. The Morgan fingerprint density at radius 1 is 0.857 bits per heavy atom. The summed E-state index contributed by atoms with van der Waals surface area (Å²) in [5, 5.41) is 17.2. The molecule has 0 aromatic rings. The molecule has 0 spiro atoms. The number of carboxylic acids is 1. The number of amides is 3. The molecule has 0 heterocycles. The van der Waals surface area contributed by atoms with E-state index in [9.17, 15) is 24.3 Å². The Hall–Kier alpha value is -2.19. The van der Waals surface area contributed by atoms with Crippen LogP contribution in [0.4, 0.5) is 0 Å². The number of carbonyl (C=O) groups is 4. The van der Waals surface area contributed by atoms with Crippen LogP contribution < -0.4 is 33.2 Å². The van der Waals surface area contributed by atoms with Crippen LogP contribution >= 0.6 is 23.5 Å². The van der Waals surface area contributed by atoms with Crippen LogP contribution in [-0.4, -0.2) is 89.5 Å². The molecule has 202 valence electrons. The van der Waals surface area contributed by atoms with Crippen molar-refractivity contribution in [2.75, 3.05) is 30.6 Å². The minimum absolute atomic E-state index is 0.0987. The smallest absolute Gasteiger partial charge is 0.326 e. The van der Waals surface area contributed by atoms with E-state index in [-0.39, 0.29) is 24.8 Å². The lowest BCUT2D eigenvalue weighted by molar-refractivity contribution is -0.143. The van der Waals surface area contributed by atoms with Crippen molar-refractivity contribution in [3.8, 4) is 0 Å². The van der Waals surface area contributed by atoms with Crippen molar-refractivity contribution < 1.29 is 24.3 Å². The largest absolute Gasteiger partial charge is 0.480 e. The molecule has 0 radical (unpaired) electrons. The maximum Gasteiger partial charge on any atom is 0.326 e. The van der Waals surface area contributed by atoms with Crippen molar-refractivity contribution in [3.05, 3.63) is 0 Å². The molecule has 0 aliphatic rings. The summed E-state index contributed by atoms with van der Waals surface area (Å²) >= 11 is 3.07. The SMILES string of the molecule is CSCCC(N)C(=O)NC(CCSC)C(=O)NC(CCCN=C(N)N)C(=O)NC(C(=O)O)C(C)C. The van der Waals surface area contributed by atoms with E-state index in [4.69, 9.17) is 17.2 Å². The number of nitrogens with two attached hydrogens (primary N) is 3. The Balaban J connectivity index is 5.53. The minimum Gasteiger partial charge on any atom is -0.480 e. The van der Waals surface area contributed by atoms with Crippen molar-refractivity contribution in [3.63, 3.8) is 0 Å². The standard InChI is InChI=1S/C21H41N7O5S2/c1-12(2)16(20(32)33)28-19(31)14(6-5-9-25-21(23)24)27-18(30)15(8-11-35-4)26-17(29)13(22)7-10-34-3/h12-16H,5-11,22H2,1-4H3,(H,26,29)(H,27,30)(H,28,31)(H,32,33)(H4,23,24,25). The summed E-state index contributed by atoms with van der Waals surface area (Å²) in [5.41, 5.74) is 16.6. The molecule has 0 aromatic heterocycles. The molecule has 4 atom stereocenters. The second kappa shape index (κ2) is 18.1. The zero-order chi connectivity index (χ0) is 27.0. The zero-order valence-corrected chi connectivity index (χ0v) is 22.5. The zero-order valence-electron chi connectivity index (χ0n) is 20.9. The van der Waals surface area contributed by atoms with Gasteiger partial charge in [-0.1, -0.05) is 13.8 Å². The third-order valence-corrected chi connectivity index (χ3v) is 6.31. The number of guanidine groups is 1. The van der Waals surface area contributed by atoms with Crippen LogP contribution in [0.15, 0.2) is 4.99 Å². The monoisotopic (exact) mass is 535 g/mol. The van der Waals surface area contributed by atoms with Crippen LogP contribution in [0.3, 0.4) is 0 Å². The molecule has 12 nitrogen and oxygen atoms in total. The van der Waals surface area contributed by atoms with Crippen molar-refractivity contribution in [2.45, 2.75) is 63.7 Å². The number of aliphatic imine (C=N–C) groups is 1. The van der Waals surface area contributed by atoms with Gasteiger partial charge in [-0.05, 0) is 55.6 Å². The Bertz CT molecular complexity index is 720. The second-order valence-corrected chi connectivity index (χ2v) is 10.3. The van der Waals surface area contributed by atoms with Crippen LogP contribution in [-0.2, 0) is 19.2 Å². The first kappa shape index (κ1) is 32.8. The van der Waals surface area contributed by atoms with Gasteiger partial charge in [-0.3, -0.25) is 19.4 Å². The Morgan fingerprint density at radius 2 is 1.37 bits per heavy atom. The fourth-order valence-electron chi connectivity index (χ4n) is 2.97. The summed E-state index contributed by atoms with van der Waals surface area (Å²) in [5.74, 6) is -1.99. The van der Waals surface area contributed by atoms with E-state index in [0.717, 1.165) is 0 Å². The van der Waals surface area contributed by atoms with Gasteiger partial charge >= 0.3 is 5.97 Å². The Kier molecular flexibility index (Phi) is 17.0. The summed E-state index contributed by atoms with van der Waals surface area (Å²) in [6.45, 7) is 3.56. The number of carbonyl (C=O) groups excluding carboxylic acids is 3. The van der Waals surface area contributed by atoms with Crippen LogP contribution in [0.1, 0.15) is 39.5 Å². The fourth-order valence-corrected chi connectivity index (χ4v) is 3.93. The molecule has 14 heteroatoms. The molecule has 0 saturated heterocycles. The molecular formula is C21H41N7O5S2. The van der Waals surface area contributed by atoms with E-state index >= 15 is 0 Å². The molecule has 0 rings (SSSR count). The molecule has 0 fully saturated rings. The van der Waals surface area contributed by atoms with E-state index in [1.54, 1.807) is 25.6 Å². The number of rotatable bonds is 18. The van der Waals surface area contributed by atoms with Gasteiger partial charge in [-0.15, -0.1) is 0 Å². The lowest BCUT2D eigenvalue weighted by Gasteiger charge is -2.26. The maximum absolute atomic E-state index is 13.1. The van der Waals surface area contributed by atoms with Crippen molar-refractivity contribution in [1.82, 2.24) is 16.0 Å². The van der Waals surface area contributed by atoms with Gasteiger partial charge in [0.25, 0.3) is 0 Å². The highest BCUT2D eigenvalue weighted by atomic mass is 32.2. The van der Waals surface area contributed by atoms with E-state index in [1.165, 1.54) is 11.8 Å². The second-order valence-electron chi connectivity index (χ2n) is 8.31. The highest BCUT2D eigenvalue weighted by Crippen LogP contribution is 2.08. The number of hydrogen-bond acceptors (Lipinski definition) is 8. The summed E-state index contributed by atoms with van der Waals surface area (Å²) in [6.07, 6.45) is 5.10. The topological polar surface area (TPSA) is 215 Å². The maximum atomic E-state index is 13.1. The normalized spacial score (nSPS) is 14.3. The Morgan fingerprint density at radius 3 is 1.89 bits per heavy atom. The summed E-state index contributed by atoms with van der Waals surface area (Å²) in [4.78, 5) is 53.9. The van der Waals surface area contributed by atoms with Gasteiger partial charge in [0.2, 0.25) is 17.7 Å². The molecule has 0 bridgehead atoms. The number of aliphatic carboxylic acids is 1. The van der Waals surface area contributed by atoms with Crippen LogP contribution in [0.2, 0.25) is 0 Å². The van der Waals surface area contributed by atoms with E-state index in [2.05, 4.69) is 20.9 Å². The first-order chi connectivity index (χ1) is 16.4. The van der Waals surface area contributed by atoms with Gasteiger partial charge in [-0.2, -0.15) is 23.5 Å². The molecule has 0 saturated carbocycles. The van der Waals surface area contributed by atoms with Gasteiger partial charge in [0.1, 0.15) is 18.1 Å². The predicted molar refractivity (Wildman–Crippen MR) is 142 cm³/mol. The van der Waals surface area contributed by atoms with Crippen molar-refractivity contribution in [1.29, 1.82) is 0 Å². The number of hydrogen-bond donors (Lipinski definition) is 7. The first-order valence-corrected chi connectivity index (χ1v) is 14.2. The number of carboxylic acid groups (broad SMARTS) is 1. The Labute approximate surface area is 215 Å². The van der Waals surface area contributed by atoms with E-state index in [1.807, 2.05) is 12.5 Å². The van der Waals surface area contributed by atoms with Gasteiger partial charge < -0.3 is 38.3 Å². The molecule has 0 aliphatic carbocycles. The van der Waals surface area contributed by atoms with Crippen molar-refractivity contribution in [2.24, 2.45) is 28.1 Å². The fraction of sp³-hybridized carbons (Fsp3) is 0.762. The lowest BCUT2D eigenvalue weighted by atomic mass is 10.0. The highest BCUT2D eigenvalue weighted by molar-refractivity contribution is 7.98. The average Bonchev–Trinajstić information content (AvgIpc) is 2.79. The first-order valence-electron chi connectivity index (χ1n) is 11.4. The molecule has 10 N–H and O–H groups in total. The molecule has 4 unspecified atom stereocenters. The molecular weight excluding hydrogens is 494 g/mol. The third kappa shape index (κ3) is 14.1. The van der Waals surface area contributed by atoms with Crippen LogP contribution in [0.25, 0.3) is 0 Å². The van der Waals surface area contributed by atoms with Gasteiger partial charge in [0, 0.05) is 6.54 Å². The van der Waals surface area contributed by atoms with Crippen LogP contribution in [0.5, 0.6) is 0 Å². The number of nitrogens with one attached hydrogen (secondary N) is 3. The predicted octanol–water partition coefficient (Wildman–Crippen LogP) is -0.931. The van der Waals surface area contributed by atoms with E-state index < -0.39 is 47.9 Å². The number of thioether (sulfide) groups is 2. The number of nitrogens with zero attached hydrogens (tertiary/aromatic N) is 1. The van der Waals surface area contributed by atoms with Gasteiger partial charge in [0.15, 0.2) is 5.96 Å².